The fourth-order valence-electron chi connectivity index (χ4n) is 1.43. The maximum absolute atomic E-state index is 10.7. The molecule has 7 nitrogen and oxygen atoms in total. The SMILES string of the molecule is COc1ccc([N+](=O)[O-])cc1OCc1csc(N)n1. The van der Waals surface area contributed by atoms with Gasteiger partial charge in [0.25, 0.3) is 5.69 Å². The smallest absolute Gasteiger partial charge is 0.273 e. The number of anilines is 1. The Kier molecular flexibility index (Phi) is 3.81. The molecule has 2 rings (SSSR count). The van der Waals surface area contributed by atoms with Gasteiger partial charge in [0.1, 0.15) is 6.61 Å². The summed E-state index contributed by atoms with van der Waals surface area (Å²) >= 11 is 1.30. The molecule has 0 aliphatic carbocycles. The zero-order chi connectivity index (χ0) is 13.8. The Morgan fingerprint density at radius 2 is 2.26 bits per heavy atom. The number of benzene rings is 1. The van der Waals surface area contributed by atoms with Crippen LogP contribution in [0.5, 0.6) is 11.5 Å². The average Bonchev–Trinajstić information content (AvgIpc) is 2.81. The number of nitro groups is 1. The Labute approximate surface area is 112 Å². The molecule has 2 N–H and O–H groups in total. The van der Waals surface area contributed by atoms with E-state index in [1.165, 1.54) is 36.6 Å². The minimum atomic E-state index is -0.493. The molecule has 0 saturated carbocycles. The largest absolute Gasteiger partial charge is 0.493 e. The maximum atomic E-state index is 10.7. The third-order valence-corrected chi connectivity index (χ3v) is 3.03. The van der Waals surface area contributed by atoms with Crippen LogP contribution in [0.2, 0.25) is 0 Å². The van der Waals surface area contributed by atoms with Crippen LogP contribution in [0.4, 0.5) is 10.8 Å². The first kappa shape index (κ1) is 13.1. The molecule has 0 spiro atoms. The zero-order valence-electron chi connectivity index (χ0n) is 10.0. The van der Waals surface area contributed by atoms with Gasteiger partial charge < -0.3 is 15.2 Å². The summed E-state index contributed by atoms with van der Waals surface area (Å²) in [6, 6.07) is 4.16. The van der Waals surface area contributed by atoms with Crippen molar-refractivity contribution in [3.63, 3.8) is 0 Å². The summed E-state index contributed by atoms with van der Waals surface area (Å²) in [5.74, 6) is 0.720. The maximum Gasteiger partial charge on any atom is 0.273 e. The van der Waals surface area contributed by atoms with E-state index >= 15 is 0 Å². The zero-order valence-corrected chi connectivity index (χ0v) is 10.8. The number of aromatic nitrogens is 1. The summed E-state index contributed by atoms with van der Waals surface area (Å²) in [7, 11) is 1.47. The van der Waals surface area contributed by atoms with Crippen LogP contribution in [0.3, 0.4) is 0 Å². The van der Waals surface area contributed by atoms with Crippen LogP contribution < -0.4 is 15.2 Å². The second-order valence-electron chi connectivity index (χ2n) is 3.56. The highest BCUT2D eigenvalue weighted by Gasteiger charge is 2.13. The molecule has 0 atom stereocenters. The summed E-state index contributed by atoms with van der Waals surface area (Å²) in [4.78, 5) is 14.3. The molecule has 100 valence electrons. The average molecular weight is 281 g/mol. The van der Waals surface area contributed by atoms with Crippen LogP contribution in [0, 0.1) is 10.1 Å². The molecule has 19 heavy (non-hydrogen) atoms. The van der Waals surface area contributed by atoms with Gasteiger partial charge in [-0.25, -0.2) is 4.98 Å². The molecule has 0 aliphatic heterocycles. The number of hydrogen-bond donors (Lipinski definition) is 1. The fourth-order valence-corrected chi connectivity index (χ4v) is 1.98. The molecule has 0 amide bonds. The molecule has 0 fully saturated rings. The molecular weight excluding hydrogens is 270 g/mol. The topological polar surface area (TPSA) is 101 Å². The number of rotatable bonds is 5. The predicted octanol–water partition coefficient (Wildman–Crippen LogP) is 2.22. The summed E-state index contributed by atoms with van der Waals surface area (Å²) in [6.45, 7) is 0.172. The monoisotopic (exact) mass is 281 g/mol. The Balaban J connectivity index is 2.17. The van der Waals surface area contributed by atoms with E-state index < -0.39 is 4.92 Å². The molecule has 8 heteroatoms. The van der Waals surface area contributed by atoms with Crippen molar-refractivity contribution in [2.24, 2.45) is 0 Å². The second-order valence-corrected chi connectivity index (χ2v) is 4.45. The Morgan fingerprint density at radius 1 is 1.47 bits per heavy atom. The fraction of sp³-hybridized carbons (Fsp3) is 0.182. The lowest BCUT2D eigenvalue weighted by Crippen LogP contribution is -1.99. The van der Waals surface area contributed by atoms with E-state index in [0.29, 0.717) is 22.3 Å². The van der Waals surface area contributed by atoms with Gasteiger partial charge in [-0.05, 0) is 6.07 Å². The number of nitrogens with zero attached hydrogens (tertiary/aromatic N) is 2. The van der Waals surface area contributed by atoms with E-state index in [1.54, 1.807) is 5.38 Å². The highest BCUT2D eigenvalue weighted by atomic mass is 32.1. The van der Waals surface area contributed by atoms with Gasteiger partial charge >= 0.3 is 0 Å². The second kappa shape index (κ2) is 5.53. The van der Waals surface area contributed by atoms with Gasteiger partial charge in [0.2, 0.25) is 0 Å². The number of ether oxygens (including phenoxy) is 2. The van der Waals surface area contributed by atoms with E-state index in [0.717, 1.165) is 0 Å². The van der Waals surface area contributed by atoms with Crippen molar-refractivity contribution < 1.29 is 14.4 Å². The Bertz CT molecular complexity index is 599. The lowest BCUT2D eigenvalue weighted by molar-refractivity contribution is -0.385. The molecule has 0 aliphatic rings. The van der Waals surface area contributed by atoms with E-state index in [1.807, 2.05) is 0 Å². The highest BCUT2D eigenvalue weighted by Crippen LogP contribution is 2.31. The van der Waals surface area contributed by atoms with Crippen molar-refractivity contribution in [3.05, 3.63) is 39.4 Å². The van der Waals surface area contributed by atoms with Gasteiger partial charge in [-0.1, -0.05) is 0 Å². The van der Waals surface area contributed by atoms with Gasteiger partial charge in [-0.3, -0.25) is 10.1 Å². The van der Waals surface area contributed by atoms with Crippen molar-refractivity contribution in [3.8, 4) is 11.5 Å². The summed E-state index contributed by atoms with van der Waals surface area (Å²) in [6.07, 6.45) is 0. The summed E-state index contributed by atoms with van der Waals surface area (Å²) in [5, 5.41) is 12.9. The molecule has 0 radical (unpaired) electrons. The van der Waals surface area contributed by atoms with Crippen molar-refractivity contribution in [1.82, 2.24) is 4.98 Å². The number of non-ortho nitro benzene ring substituents is 1. The van der Waals surface area contributed by atoms with Gasteiger partial charge in [0, 0.05) is 11.4 Å². The third-order valence-electron chi connectivity index (χ3n) is 2.30. The normalized spacial score (nSPS) is 10.2. The highest BCUT2D eigenvalue weighted by molar-refractivity contribution is 7.13. The van der Waals surface area contributed by atoms with Gasteiger partial charge in [-0.15, -0.1) is 11.3 Å². The Morgan fingerprint density at radius 3 is 2.84 bits per heavy atom. The van der Waals surface area contributed by atoms with Gasteiger partial charge in [0.15, 0.2) is 16.6 Å². The first-order valence-corrected chi connectivity index (χ1v) is 6.13. The van der Waals surface area contributed by atoms with Crippen LogP contribution in [-0.2, 0) is 6.61 Å². The van der Waals surface area contributed by atoms with Gasteiger partial charge in [0.05, 0.1) is 23.8 Å². The molecule has 1 aromatic carbocycles. The minimum absolute atomic E-state index is 0.0615. The number of thiazole rings is 1. The predicted molar refractivity (Wildman–Crippen MR) is 70.5 cm³/mol. The quantitative estimate of drug-likeness (QED) is 0.666. The van der Waals surface area contributed by atoms with E-state index in [4.69, 9.17) is 15.2 Å². The van der Waals surface area contributed by atoms with Crippen LogP contribution in [0.1, 0.15) is 5.69 Å². The van der Waals surface area contributed by atoms with Crippen molar-refractivity contribution in [1.29, 1.82) is 0 Å². The number of nitrogen functional groups attached to an aromatic ring is 1. The number of nitrogens with two attached hydrogens (primary N) is 1. The molecule has 2 aromatic rings. The van der Waals surface area contributed by atoms with Crippen molar-refractivity contribution >= 4 is 22.2 Å². The number of hydrogen-bond acceptors (Lipinski definition) is 7. The van der Waals surface area contributed by atoms with E-state index in [-0.39, 0.29) is 12.3 Å². The molecular formula is C11H11N3O4S. The Hall–Kier alpha value is -2.35. The lowest BCUT2D eigenvalue weighted by atomic mass is 10.3. The van der Waals surface area contributed by atoms with E-state index in [2.05, 4.69) is 4.98 Å². The molecule has 0 saturated heterocycles. The van der Waals surface area contributed by atoms with Crippen LogP contribution in [0.25, 0.3) is 0 Å². The molecule has 1 aromatic heterocycles. The lowest BCUT2D eigenvalue weighted by Gasteiger charge is -2.09. The summed E-state index contributed by atoms with van der Waals surface area (Å²) in [5.41, 5.74) is 6.11. The van der Waals surface area contributed by atoms with Crippen molar-refractivity contribution in [2.45, 2.75) is 6.61 Å². The molecule has 0 unspecified atom stereocenters. The minimum Gasteiger partial charge on any atom is -0.493 e. The van der Waals surface area contributed by atoms with Gasteiger partial charge in [-0.2, -0.15) is 0 Å². The standard InChI is InChI=1S/C11H11N3O4S/c1-17-9-3-2-8(14(15)16)4-10(9)18-5-7-6-19-11(12)13-7/h2-4,6H,5H2,1H3,(H2,12,13). The number of nitro benzene ring substituents is 1. The molecule has 0 bridgehead atoms. The first-order chi connectivity index (χ1) is 9.10. The summed E-state index contributed by atoms with van der Waals surface area (Å²) < 4.78 is 10.6. The number of methoxy groups -OCH3 is 1. The van der Waals surface area contributed by atoms with Crippen LogP contribution in [-0.4, -0.2) is 17.0 Å². The van der Waals surface area contributed by atoms with E-state index in [9.17, 15) is 10.1 Å². The molecule has 1 heterocycles. The van der Waals surface area contributed by atoms with Crippen LogP contribution in [0.15, 0.2) is 23.6 Å². The first-order valence-electron chi connectivity index (χ1n) is 5.25. The van der Waals surface area contributed by atoms with Crippen LogP contribution >= 0.6 is 11.3 Å². The van der Waals surface area contributed by atoms with Crippen molar-refractivity contribution in [2.75, 3.05) is 12.8 Å². The third kappa shape index (κ3) is 3.10.